The molecule has 104 valence electrons. The number of nitrogens with two attached hydrogens (primary N) is 1. The van der Waals surface area contributed by atoms with Crippen molar-refractivity contribution in [3.63, 3.8) is 0 Å². The summed E-state index contributed by atoms with van der Waals surface area (Å²) in [7, 11) is 0. The van der Waals surface area contributed by atoms with E-state index < -0.39 is 0 Å². The van der Waals surface area contributed by atoms with Gasteiger partial charge in [0, 0.05) is 6.04 Å². The van der Waals surface area contributed by atoms with Gasteiger partial charge in [-0.3, -0.25) is 11.3 Å². The maximum Gasteiger partial charge on any atom is 0.0493 e. The summed E-state index contributed by atoms with van der Waals surface area (Å²) in [5.41, 5.74) is 5.86. The third-order valence-corrected chi connectivity index (χ3v) is 5.25. The molecule has 1 aromatic carbocycles. The largest absolute Gasteiger partial charge is 0.271 e. The number of hydrazine groups is 1. The Bertz CT molecular complexity index is 411. The minimum atomic E-state index is 0.356. The van der Waals surface area contributed by atoms with E-state index in [1.165, 1.54) is 36.8 Å². The van der Waals surface area contributed by atoms with E-state index in [2.05, 4.69) is 43.5 Å². The van der Waals surface area contributed by atoms with Gasteiger partial charge < -0.3 is 0 Å². The first-order valence-corrected chi connectivity index (χ1v) is 7.78. The summed E-state index contributed by atoms with van der Waals surface area (Å²) in [6.07, 6.45) is 5.66. The molecule has 0 radical (unpaired) electrons. The molecule has 3 atom stereocenters. The van der Waals surface area contributed by atoms with Crippen LogP contribution in [0.2, 0.25) is 0 Å². The molecular weight excluding hydrogens is 232 g/mol. The molecule has 2 aliphatic rings. The monoisotopic (exact) mass is 258 g/mol. The topological polar surface area (TPSA) is 38.0 Å². The van der Waals surface area contributed by atoms with Crippen LogP contribution >= 0.6 is 0 Å². The zero-order valence-electron chi connectivity index (χ0n) is 12.1. The molecule has 2 aliphatic carbocycles. The summed E-state index contributed by atoms with van der Waals surface area (Å²) in [5.74, 6) is 9.08. The molecular formula is C17H26N2. The predicted molar refractivity (Wildman–Crippen MR) is 79.5 cm³/mol. The SMILES string of the molecule is CC(C)c1ccc(C(NN)C2C3CCCCC32)cc1. The Labute approximate surface area is 116 Å². The van der Waals surface area contributed by atoms with Crippen LogP contribution in [0.5, 0.6) is 0 Å². The third kappa shape index (κ3) is 2.44. The van der Waals surface area contributed by atoms with Gasteiger partial charge in [-0.05, 0) is 47.6 Å². The van der Waals surface area contributed by atoms with Crippen LogP contribution in [-0.4, -0.2) is 0 Å². The fourth-order valence-electron chi connectivity index (χ4n) is 4.06. The Kier molecular flexibility index (Phi) is 3.64. The Morgan fingerprint density at radius 1 is 1.00 bits per heavy atom. The lowest BCUT2D eigenvalue weighted by atomic mass is 9.96. The number of nitrogens with one attached hydrogen (secondary N) is 1. The highest BCUT2D eigenvalue weighted by molar-refractivity contribution is 5.29. The van der Waals surface area contributed by atoms with Gasteiger partial charge in [0.2, 0.25) is 0 Å². The lowest BCUT2D eigenvalue weighted by molar-refractivity contribution is 0.456. The number of benzene rings is 1. The molecule has 0 spiro atoms. The molecule has 2 fully saturated rings. The van der Waals surface area contributed by atoms with Crippen molar-refractivity contribution in [1.82, 2.24) is 5.43 Å². The van der Waals surface area contributed by atoms with Crippen LogP contribution in [-0.2, 0) is 0 Å². The standard InChI is InChI=1S/C17H26N2/c1-11(2)12-7-9-13(10-8-12)17(19-18)16-14-5-3-4-6-15(14)16/h7-11,14-17,19H,3-6,18H2,1-2H3. The van der Waals surface area contributed by atoms with Gasteiger partial charge >= 0.3 is 0 Å². The van der Waals surface area contributed by atoms with Crippen molar-refractivity contribution >= 4 is 0 Å². The number of hydrogen-bond donors (Lipinski definition) is 2. The molecule has 3 rings (SSSR count). The maximum absolute atomic E-state index is 5.85. The number of fused-ring (bicyclic) bond motifs is 1. The average Bonchev–Trinajstić information content (AvgIpc) is 3.15. The van der Waals surface area contributed by atoms with Crippen LogP contribution in [0, 0.1) is 17.8 Å². The number of hydrogen-bond acceptors (Lipinski definition) is 2. The van der Waals surface area contributed by atoms with Crippen LogP contribution in [0.15, 0.2) is 24.3 Å². The van der Waals surface area contributed by atoms with E-state index in [1.807, 2.05) is 0 Å². The van der Waals surface area contributed by atoms with Crippen LogP contribution in [0.1, 0.15) is 62.6 Å². The molecule has 2 nitrogen and oxygen atoms in total. The van der Waals surface area contributed by atoms with Crippen molar-refractivity contribution in [2.75, 3.05) is 0 Å². The minimum absolute atomic E-state index is 0.356. The van der Waals surface area contributed by atoms with Gasteiger partial charge in [0.25, 0.3) is 0 Å². The molecule has 2 heteroatoms. The molecule has 2 saturated carbocycles. The lowest BCUT2D eigenvalue weighted by Gasteiger charge is -2.18. The Hall–Kier alpha value is -0.860. The Morgan fingerprint density at radius 2 is 1.53 bits per heavy atom. The molecule has 19 heavy (non-hydrogen) atoms. The van der Waals surface area contributed by atoms with Crippen molar-refractivity contribution in [3.8, 4) is 0 Å². The first-order chi connectivity index (χ1) is 9.22. The summed E-state index contributed by atoms with van der Waals surface area (Å²) in [6, 6.07) is 9.41. The normalized spacial score (nSPS) is 31.1. The average molecular weight is 258 g/mol. The quantitative estimate of drug-likeness (QED) is 0.637. The van der Waals surface area contributed by atoms with E-state index in [0.717, 1.165) is 17.8 Å². The Balaban J connectivity index is 1.75. The minimum Gasteiger partial charge on any atom is -0.271 e. The highest BCUT2D eigenvalue weighted by Crippen LogP contribution is 2.60. The van der Waals surface area contributed by atoms with Gasteiger partial charge in [0.05, 0.1) is 0 Å². The van der Waals surface area contributed by atoms with E-state index in [9.17, 15) is 0 Å². The zero-order valence-corrected chi connectivity index (χ0v) is 12.1. The Morgan fingerprint density at radius 3 is 2.00 bits per heavy atom. The van der Waals surface area contributed by atoms with E-state index in [4.69, 9.17) is 5.84 Å². The second-order valence-electron chi connectivity index (χ2n) is 6.66. The lowest BCUT2D eigenvalue weighted by Crippen LogP contribution is -2.30. The summed E-state index contributed by atoms with van der Waals surface area (Å²) >= 11 is 0. The first kappa shape index (κ1) is 13.1. The van der Waals surface area contributed by atoms with Crippen LogP contribution in [0.4, 0.5) is 0 Å². The molecule has 3 unspecified atom stereocenters. The maximum atomic E-state index is 5.85. The fourth-order valence-corrected chi connectivity index (χ4v) is 4.06. The van der Waals surface area contributed by atoms with Crippen molar-refractivity contribution in [2.45, 2.75) is 51.5 Å². The zero-order chi connectivity index (χ0) is 13.4. The van der Waals surface area contributed by atoms with E-state index in [1.54, 1.807) is 0 Å². The van der Waals surface area contributed by atoms with Gasteiger partial charge in [0.1, 0.15) is 0 Å². The van der Waals surface area contributed by atoms with Crippen molar-refractivity contribution in [3.05, 3.63) is 35.4 Å². The summed E-state index contributed by atoms with van der Waals surface area (Å²) in [5, 5.41) is 0. The molecule has 0 aliphatic heterocycles. The smallest absolute Gasteiger partial charge is 0.0493 e. The van der Waals surface area contributed by atoms with E-state index in [-0.39, 0.29) is 0 Å². The second-order valence-corrected chi connectivity index (χ2v) is 6.66. The predicted octanol–water partition coefficient (Wildman–Crippen LogP) is 3.75. The molecule has 1 aromatic rings. The highest BCUT2D eigenvalue weighted by Gasteiger charge is 2.54. The second kappa shape index (κ2) is 5.26. The van der Waals surface area contributed by atoms with Crippen molar-refractivity contribution in [2.24, 2.45) is 23.6 Å². The number of rotatable bonds is 4. The molecule has 0 saturated heterocycles. The van der Waals surface area contributed by atoms with Crippen LogP contribution in [0.25, 0.3) is 0 Å². The molecule has 3 N–H and O–H groups in total. The van der Waals surface area contributed by atoms with E-state index >= 15 is 0 Å². The van der Waals surface area contributed by atoms with Gasteiger partial charge in [-0.25, -0.2) is 0 Å². The van der Waals surface area contributed by atoms with Gasteiger partial charge in [-0.15, -0.1) is 0 Å². The summed E-state index contributed by atoms with van der Waals surface area (Å²) in [6.45, 7) is 4.48. The molecule has 0 aromatic heterocycles. The third-order valence-electron chi connectivity index (χ3n) is 5.25. The first-order valence-electron chi connectivity index (χ1n) is 7.78. The summed E-state index contributed by atoms with van der Waals surface area (Å²) < 4.78 is 0. The summed E-state index contributed by atoms with van der Waals surface area (Å²) in [4.78, 5) is 0. The van der Waals surface area contributed by atoms with Gasteiger partial charge in [0.15, 0.2) is 0 Å². The van der Waals surface area contributed by atoms with Crippen LogP contribution < -0.4 is 11.3 Å². The van der Waals surface area contributed by atoms with Gasteiger partial charge in [-0.2, -0.15) is 0 Å². The van der Waals surface area contributed by atoms with Crippen molar-refractivity contribution in [1.29, 1.82) is 0 Å². The van der Waals surface area contributed by atoms with Crippen LogP contribution in [0.3, 0.4) is 0 Å². The highest BCUT2D eigenvalue weighted by atomic mass is 15.2. The van der Waals surface area contributed by atoms with E-state index in [0.29, 0.717) is 12.0 Å². The van der Waals surface area contributed by atoms with Crippen molar-refractivity contribution < 1.29 is 0 Å². The molecule has 0 amide bonds. The van der Waals surface area contributed by atoms with Gasteiger partial charge in [-0.1, -0.05) is 51.0 Å². The fraction of sp³-hybridized carbons (Fsp3) is 0.647. The molecule has 0 bridgehead atoms. The molecule has 0 heterocycles.